The van der Waals surface area contributed by atoms with Gasteiger partial charge < -0.3 is 10.6 Å². The van der Waals surface area contributed by atoms with Crippen LogP contribution in [-0.4, -0.2) is 54.1 Å². The van der Waals surface area contributed by atoms with Gasteiger partial charge in [0.15, 0.2) is 0 Å². The molecule has 0 saturated carbocycles. The van der Waals surface area contributed by atoms with Crippen LogP contribution < -0.4 is 5.73 Å². The fourth-order valence-corrected chi connectivity index (χ4v) is 4.01. The predicted molar refractivity (Wildman–Crippen MR) is 93.7 cm³/mol. The summed E-state index contributed by atoms with van der Waals surface area (Å²) in [6, 6.07) is 0.684. The average Bonchev–Trinajstić information content (AvgIpc) is 2.70. The van der Waals surface area contributed by atoms with Crippen LogP contribution in [0.5, 0.6) is 0 Å². The highest BCUT2D eigenvalue weighted by molar-refractivity contribution is 4.97. The van der Waals surface area contributed by atoms with E-state index in [2.05, 4.69) is 44.4 Å². The maximum absolute atomic E-state index is 6.36. The summed E-state index contributed by atoms with van der Waals surface area (Å²) in [4.78, 5) is 5.40. The molecule has 1 unspecified atom stereocenters. The molecule has 1 fully saturated rings. The second-order valence-corrected chi connectivity index (χ2v) is 7.23. The molecule has 21 heavy (non-hydrogen) atoms. The molecule has 1 atom stereocenters. The van der Waals surface area contributed by atoms with E-state index >= 15 is 0 Å². The molecule has 2 N–H and O–H groups in total. The summed E-state index contributed by atoms with van der Waals surface area (Å²) in [6.45, 7) is 17.3. The Kier molecular flexibility index (Phi) is 8.22. The van der Waals surface area contributed by atoms with Crippen molar-refractivity contribution in [1.82, 2.24) is 9.80 Å². The van der Waals surface area contributed by atoms with Crippen LogP contribution in [0.2, 0.25) is 0 Å². The molecule has 1 rings (SSSR count). The van der Waals surface area contributed by atoms with E-state index in [1.807, 2.05) is 0 Å². The van der Waals surface area contributed by atoms with Crippen molar-refractivity contribution in [1.29, 1.82) is 0 Å². The highest BCUT2D eigenvalue weighted by Gasteiger charge is 2.39. The van der Waals surface area contributed by atoms with Crippen molar-refractivity contribution >= 4 is 0 Å². The Balaban J connectivity index is 2.97. The van der Waals surface area contributed by atoms with E-state index < -0.39 is 0 Å². The van der Waals surface area contributed by atoms with E-state index in [0.717, 1.165) is 6.54 Å². The molecule has 0 aromatic rings. The summed E-state index contributed by atoms with van der Waals surface area (Å²) in [5, 5.41) is 0. The lowest BCUT2D eigenvalue weighted by Crippen LogP contribution is -2.59. The lowest BCUT2D eigenvalue weighted by molar-refractivity contribution is 0.0208. The van der Waals surface area contributed by atoms with Gasteiger partial charge in [0.25, 0.3) is 0 Å². The lowest BCUT2D eigenvalue weighted by atomic mass is 9.85. The van der Waals surface area contributed by atoms with Crippen molar-refractivity contribution in [3.8, 4) is 0 Å². The van der Waals surface area contributed by atoms with Crippen LogP contribution in [0.3, 0.4) is 0 Å². The molecule has 1 saturated heterocycles. The fourth-order valence-electron chi connectivity index (χ4n) is 4.01. The van der Waals surface area contributed by atoms with Crippen LogP contribution >= 0.6 is 0 Å². The van der Waals surface area contributed by atoms with Gasteiger partial charge in [0, 0.05) is 24.7 Å². The largest absolute Gasteiger partial charge is 0.329 e. The first-order valence-corrected chi connectivity index (χ1v) is 9.22. The van der Waals surface area contributed by atoms with Crippen molar-refractivity contribution in [2.45, 2.75) is 78.3 Å². The Bertz CT molecular complexity index is 276. The van der Waals surface area contributed by atoms with Crippen LogP contribution in [0.4, 0.5) is 0 Å². The molecule has 3 nitrogen and oxygen atoms in total. The molecule has 0 aromatic carbocycles. The minimum Gasteiger partial charge on any atom is -0.329 e. The summed E-state index contributed by atoms with van der Waals surface area (Å²) in [6.07, 6.45) is 6.27. The number of rotatable bonds is 8. The van der Waals surface area contributed by atoms with Gasteiger partial charge in [-0.25, -0.2) is 0 Å². The van der Waals surface area contributed by atoms with Gasteiger partial charge in [-0.15, -0.1) is 0 Å². The topological polar surface area (TPSA) is 32.5 Å². The first kappa shape index (κ1) is 18.9. The molecule has 0 aliphatic carbocycles. The van der Waals surface area contributed by atoms with E-state index in [1.54, 1.807) is 0 Å². The van der Waals surface area contributed by atoms with Crippen LogP contribution in [0.15, 0.2) is 0 Å². The van der Waals surface area contributed by atoms with Crippen LogP contribution in [0, 0.1) is 5.92 Å². The second kappa shape index (κ2) is 9.12. The lowest BCUT2D eigenvalue weighted by Gasteiger charge is -2.48. The van der Waals surface area contributed by atoms with Gasteiger partial charge >= 0.3 is 0 Å². The first-order chi connectivity index (χ1) is 10.0. The maximum atomic E-state index is 6.36. The van der Waals surface area contributed by atoms with Crippen molar-refractivity contribution in [3.05, 3.63) is 0 Å². The standard InChI is InChI=1S/C18H39N3/c1-6-17(7-2)21(14-16(4)5)18(15-19)10-9-12-20(8-3)13-11-18/h16-17H,6-15,19H2,1-5H3. The zero-order valence-electron chi connectivity index (χ0n) is 15.2. The third-order valence-electron chi connectivity index (χ3n) is 5.39. The summed E-state index contributed by atoms with van der Waals surface area (Å²) >= 11 is 0. The van der Waals surface area contributed by atoms with Gasteiger partial charge in [-0.05, 0) is 57.7 Å². The Morgan fingerprint density at radius 1 is 1.10 bits per heavy atom. The van der Waals surface area contributed by atoms with Gasteiger partial charge in [-0.1, -0.05) is 34.6 Å². The van der Waals surface area contributed by atoms with Crippen molar-refractivity contribution in [2.75, 3.05) is 32.7 Å². The molecule has 1 aliphatic heterocycles. The Morgan fingerprint density at radius 3 is 2.24 bits per heavy atom. The Morgan fingerprint density at radius 2 is 1.76 bits per heavy atom. The Labute approximate surface area is 133 Å². The van der Waals surface area contributed by atoms with Crippen molar-refractivity contribution < 1.29 is 0 Å². The van der Waals surface area contributed by atoms with Crippen LogP contribution in [0.25, 0.3) is 0 Å². The number of hydrogen-bond acceptors (Lipinski definition) is 3. The molecule has 0 bridgehead atoms. The molecule has 0 amide bonds. The molecule has 0 spiro atoms. The van der Waals surface area contributed by atoms with Gasteiger partial charge in [-0.2, -0.15) is 0 Å². The average molecular weight is 298 g/mol. The van der Waals surface area contributed by atoms with E-state index in [4.69, 9.17) is 5.73 Å². The SMILES string of the molecule is CCC(CC)N(CC(C)C)C1(CN)CCCN(CC)CC1. The Hall–Kier alpha value is -0.120. The first-order valence-electron chi connectivity index (χ1n) is 9.22. The van der Waals surface area contributed by atoms with Crippen LogP contribution in [0.1, 0.15) is 66.7 Å². The predicted octanol–water partition coefficient (Wildman–Crippen LogP) is 3.34. The smallest absolute Gasteiger partial charge is 0.0347 e. The zero-order chi connectivity index (χ0) is 15.9. The highest BCUT2D eigenvalue weighted by atomic mass is 15.3. The molecule has 3 heteroatoms. The zero-order valence-corrected chi connectivity index (χ0v) is 15.2. The van der Waals surface area contributed by atoms with Crippen LogP contribution in [-0.2, 0) is 0 Å². The van der Waals surface area contributed by atoms with Crippen molar-refractivity contribution in [3.63, 3.8) is 0 Å². The van der Waals surface area contributed by atoms with Gasteiger partial charge in [-0.3, -0.25) is 4.90 Å². The number of nitrogens with two attached hydrogens (primary N) is 1. The molecule has 1 aliphatic rings. The van der Waals surface area contributed by atoms with E-state index in [1.165, 1.54) is 58.3 Å². The van der Waals surface area contributed by atoms with E-state index in [0.29, 0.717) is 12.0 Å². The summed E-state index contributed by atoms with van der Waals surface area (Å²) in [5.74, 6) is 0.708. The second-order valence-electron chi connectivity index (χ2n) is 7.23. The minimum absolute atomic E-state index is 0.227. The third-order valence-corrected chi connectivity index (χ3v) is 5.39. The number of nitrogens with zero attached hydrogens (tertiary/aromatic N) is 2. The third kappa shape index (κ3) is 4.94. The molecular formula is C18H39N3. The minimum atomic E-state index is 0.227. The van der Waals surface area contributed by atoms with Crippen molar-refractivity contribution in [2.24, 2.45) is 11.7 Å². The van der Waals surface area contributed by atoms with E-state index in [9.17, 15) is 0 Å². The highest BCUT2D eigenvalue weighted by Crippen LogP contribution is 2.32. The van der Waals surface area contributed by atoms with Gasteiger partial charge in [0.05, 0.1) is 0 Å². The molecular weight excluding hydrogens is 258 g/mol. The van der Waals surface area contributed by atoms with E-state index in [-0.39, 0.29) is 5.54 Å². The molecule has 126 valence electrons. The number of hydrogen-bond donors (Lipinski definition) is 1. The summed E-state index contributed by atoms with van der Waals surface area (Å²) in [7, 11) is 0. The quantitative estimate of drug-likeness (QED) is 0.746. The normalized spacial score (nSPS) is 25.0. The fraction of sp³-hybridized carbons (Fsp3) is 1.00. The molecule has 0 radical (unpaired) electrons. The maximum Gasteiger partial charge on any atom is 0.0347 e. The molecule has 0 aromatic heterocycles. The molecule has 1 heterocycles. The summed E-state index contributed by atoms with van der Waals surface area (Å²) in [5.41, 5.74) is 6.59. The van der Waals surface area contributed by atoms with Gasteiger partial charge in [0.2, 0.25) is 0 Å². The van der Waals surface area contributed by atoms with Gasteiger partial charge in [0.1, 0.15) is 0 Å². The monoisotopic (exact) mass is 297 g/mol. The number of likely N-dealkylation sites (tertiary alicyclic amines) is 1. The summed E-state index contributed by atoms with van der Waals surface area (Å²) < 4.78 is 0.